The van der Waals surface area contributed by atoms with Crippen LogP contribution in [0.15, 0.2) is 52.9 Å². The molecule has 0 atom stereocenters. The predicted molar refractivity (Wildman–Crippen MR) is 102 cm³/mol. The van der Waals surface area contributed by atoms with Crippen molar-refractivity contribution in [2.24, 2.45) is 0 Å². The molecule has 1 N–H and O–H groups in total. The number of benzene rings is 1. The van der Waals surface area contributed by atoms with Crippen molar-refractivity contribution >= 4 is 32.2 Å². The molecule has 0 spiro atoms. The number of thiazole rings is 1. The van der Waals surface area contributed by atoms with Crippen LogP contribution in [0.25, 0.3) is 11.4 Å². The summed E-state index contributed by atoms with van der Waals surface area (Å²) in [4.78, 5) is 20.3. The molecular weight excluding hydrogens is 408 g/mol. The zero-order valence-corrected chi connectivity index (χ0v) is 16.4. The highest BCUT2D eigenvalue weighted by atomic mass is 32.2. The molecule has 0 aliphatic rings. The van der Waals surface area contributed by atoms with Gasteiger partial charge in [-0.3, -0.25) is 9.78 Å². The van der Waals surface area contributed by atoms with E-state index in [0.717, 1.165) is 37.3 Å². The lowest BCUT2D eigenvalue weighted by Gasteiger charge is -2.23. The summed E-state index contributed by atoms with van der Waals surface area (Å²) in [6, 6.07) is 7.36. The molecular formula is C18H15F2N3O3S2. The monoisotopic (exact) mass is 423 g/mol. The number of rotatable bonds is 5. The number of halogens is 2. The van der Waals surface area contributed by atoms with Crippen molar-refractivity contribution in [3.8, 4) is 11.4 Å². The van der Waals surface area contributed by atoms with E-state index >= 15 is 0 Å². The molecule has 1 aromatic carbocycles. The molecule has 6 nitrogen and oxygen atoms in total. The highest BCUT2D eigenvalue weighted by Crippen LogP contribution is 2.30. The molecule has 3 rings (SSSR count). The van der Waals surface area contributed by atoms with E-state index in [1.54, 1.807) is 29.8 Å². The first-order valence-corrected chi connectivity index (χ1v) is 10.4. The van der Waals surface area contributed by atoms with Gasteiger partial charge in [-0.05, 0) is 38.1 Å². The number of sulfone groups is 1. The van der Waals surface area contributed by atoms with Crippen LogP contribution in [0.1, 0.15) is 13.8 Å². The minimum atomic E-state index is -4.44. The van der Waals surface area contributed by atoms with Gasteiger partial charge in [-0.15, -0.1) is 11.3 Å². The topological polar surface area (TPSA) is 89.0 Å². The first-order chi connectivity index (χ1) is 13.1. The van der Waals surface area contributed by atoms with Crippen LogP contribution in [0.2, 0.25) is 0 Å². The molecule has 28 heavy (non-hydrogen) atoms. The second-order valence-corrected chi connectivity index (χ2v) is 9.62. The van der Waals surface area contributed by atoms with Crippen molar-refractivity contribution in [1.29, 1.82) is 0 Å². The lowest BCUT2D eigenvalue weighted by atomic mass is 10.2. The molecule has 0 radical (unpaired) electrons. The van der Waals surface area contributed by atoms with Crippen LogP contribution in [-0.4, -0.2) is 29.0 Å². The van der Waals surface area contributed by atoms with Crippen LogP contribution < -0.4 is 5.32 Å². The maximum Gasteiger partial charge on any atom is 0.247 e. The Morgan fingerprint density at radius 2 is 1.89 bits per heavy atom. The average Bonchev–Trinajstić information content (AvgIpc) is 3.10. The van der Waals surface area contributed by atoms with Gasteiger partial charge < -0.3 is 5.32 Å². The number of amides is 1. The third-order valence-corrected chi connectivity index (χ3v) is 7.25. The summed E-state index contributed by atoms with van der Waals surface area (Å²) in [5.74, 6) is -3.06. The average molecular weight is 423 g/mol. The van der Waals surface area contributed by atoms with Crippen LogP contribution >= 0.6 is 11.3 Å². The minimum Gasteiger partial charge on any atom is -0.301 e. The first kappa shape index (κ1) is 20.0. The Morgan fingerprint density at radius 3 is 2.54 bits per heavy atom. The van der Waals surface area contributed by atoms with Crippen molar-refractivity contribution < 1.29 is 22.0 Å². The van der Waals surface area contributed by atoms with E-state index in [0.29, 0.717) is 17.5 Å². The maximum absolute atomic E-state index is 14.0. The Labute approximate surface area is 164 Å². The van der Waals surface area contributed by atoms with Gasteiger partial charge in [0, 0.05) is 17.6 Å². The van der Waals surface area contributed by atoms with Gasteiger partial charge in [0.05, 0.1) is 5.69 Å². The molecule has 2 aromatic heterocycles. The molecule has 10 heteroatoms. The Kier molecular flexibility index (Phi) is 5.26. The number of hydrogen-bond donors (Lipinski definition) is 1. The lowest BCUT2D eigenvalue weighted by Crippen LogP contribution is -2.44. The van der Waals surface area contributed by atoms with Crippen LogP contribution in [0, 0.1) is 11.6 Å². The first-order valence-electron chi connectivity index (χ1n) is 8.01. The van der Waals surface area contributed by atoms with Gasteiger partial charge in [-0.25, -0.2) is 22.2 Å². The fourth-order valence-electron chi connectivity index (χ4n) is 2.30. The summed E-state index contributed by atoms with van der Waals surface area (Å²) in [5, 5.41) is 4.28. The molecule has 0 saturated heterocycles. The van der Waals surface area contributed by atoms with Gasteiger partial charge in [0.25, 0.3) is 0 Å². The molecule has 2 heterocycles. The molecule has 0 aliphatic heterocycles. The van der Waals surface area contributed by atoms with Gasteiger partial charge in [0.1, 0.15) is 27.0 Å². The van der Waals surface area contributed by atoms with E-state index in [4.69, 9.17) is 0 Å². The van der Waals surface area contributed by atoms with Crippen molar-refractivity contribution in [3.05, 3.63) is 59.6 Å². The summed E-state index contributed by atoms with van der Waals surface area (Å²) in [5.41, 5.74) is 1.12. The van der Waals surface area contributed by atoms with E-state index in [1.807, 2.05) is 0 Å². The number of pyridine rings is 1. The Morgan fingerprint density at radius 1 is 1.14 bits per heavy atom. The van der Waals surface area contributed by atoms with Gasteiger partial charge in [-0.2, -0.15) is 0 Å². The Hall–Kier alpha value is -2.72. The standard InChI is InChI=1S/C18H15F2N3O3S2/c1-18(2,28(25,26)15-7-6-11(19)9-12(15)20)16(24)23-17-22-14(10-27-17)13-5-3-4-8-21-13/h3-10H,1-2H3,(H,22,23,24). The summed E-state index contributed by atoms with van der Waals surface area (Å²) in [6.45, 7) is 2.29. The summed E-state index contributed by atoms with van der Waals surface area (Å²) in [6.07, 6.45) is 1.60. The van der Waals surface area contributed by atoms with Crippen LogP contribution in [0.3, 0.4) is 0 Å². The number of aromatic nitrogens is 2. The minimum absolute atomic E-state index is 0.175. The van der Waals surface area contributed by atoms with Crippen molar-refractivity contribution in [2.45, 2.75) is 23.5 Å². The van der Waals surface area contributed by atoms with E-state index in [2.05, 4.69) is 15.3 Å². The van der Waals surface area contributed by atoms with Gasteiger partial charge in [0.15, 0.2) is 15.0 Å². The number of anilines is 1. The van der Waals surface area contributed by atoms with Crippen LogP contribution in [0.4, 0.5) is 13.9 Å². The molecule has 0 aliphatic carbocycles. The summed E-state index contributed by atoms with van der Waals surface area (Å²) < 4.78 is 50.6. The van der Waals surface area contributed by atoms with E-state index in [1.165, 1.54) is 0 Å². The predicted octanol–water partition coefficient (Wildman–Crippen LogP) is 3.67. The third kappa shape index (κ3) is 3.65. The quantitative estimate of drug-likeness (QED) is 0.633. The molecule has 0 bridgehead atoms. The summed E-state index contributed by atoms with van der Waals surface area (Å²) >= 11 is 1.10. The molecule has 3 aromatic rings. The molecule has 0 saturated carbocycles. The molecule has 1 amide bonds. The van der Waals surface area contributed by atoms with Gasteiger partial charge in [-0.1, -0.05) is 6.07 Å². The zero-order chi connectivity index (χ0) is 20.5. The number of carbonyl (C=O) groups excluding carboxylic acids is 1. The second-order valence-electron chi connectivity index (χ2n) is 6.30. The lowest BCUT2D eigenvalue weighted by molar-refractivity contribution is -0.117. The van der Waals surface area contributed by atoms with Crippen LogP contribution in [0.5, 0.6) is 0 Å². The molecule has 0 fully saturated rings. The number of carbonyl (C=O) groups is 1. The van der Waals surface area contributed by atoms with Crippen molar-refractivity contribution in [3.63, 3.8) is 0 Å². The largest absolute Gasteiger partial charge is 0.301 e. The third-order valence-electron chi connectivity index (χ3n) is 4.05. The smallest absolute Gasteiger partial charge is 0.247 e. The van der Waals surface area contributed by atoms with E-state index in [-0.39, 0.29) is 5.13 Å². The van der Waals surface area contributed by atoms with Gasteiger partial charge >= 0.3 is 0 Å². The van der Waals surface area contributed by atoms with E-state index in [9.17, 15) is 22.0 Å². The van der Waals surface area contributed by atoms with Crippen molar-refractivity contribution in [1.82, 2.24) is 9.97 Å². The number of nitrogens with zero attached hydrogens (tertiary/aromatic N) is 2. The normalized spacial score (nSPS) is 12.0. The fourth-order valence-corrected chi connectivity index (χ4v) is 4.41. The SMILES string of the molecule is CC(C)(C(=O)Nc1nc(-c2ccccn2)cs1)S(=O)(=O)c1ccc(F)cc1F. The van der Waals surface area contributed by atoms with Crippen LogP contribution in [-0.2, 0) is 14.6 Å². The van der Waals surface area contributed by atoms with E-state index < -0.39 is 37.0 Å². The highest BCUT2D eigenvalue weighted by Gasteiger charge is 2.44. The number of hydrogen-bond acceptors (Lipinski definition) is 6. The maximum atomic E-state index is 14.0. The second kappa shape index (κ2) is 7.36. The number of nitrogens with one attached hydrogen (secondary N) is 1. The van der Waals surface area contributed by atoms with Gasteiger partial charge in [0.2, 0.25) is 5.91 Å². The van der Waals surface area contributed by atoms with Crippen molar-refractivity contribution in [2.75, 3.05) is 5.32 Å². The highest BCUT2D eigenvalue weighted by molar-refractivity contribution is 7.93. The zero-order valence-electron chi connectivity index (χ0n) is 14.8. The summed E-state index contributed by atoms with van der Waals surface area (Å²) in [7, 11) is -4.44. The Balaban J connectivity index is 1.86. The fraction of sp³-hybridized carbons (Fsp3) is 0.167. The molecule has 146 valence electrons. The Bertz CT molecular complexity index is 1130. The molecule has 0 unspecified atom stereocenters.